The van der Waals surface area contributed by atoms with Crippen LogP contribution in [0.15, 0.2) is 24.3 Å². The summed E-state index contributed by atoms with van der Waals surface area (Å²) >= 11 is 0. The first kappa shape index (κ1) is 16.0. The Kier molecular flexibility index (Phi) is 7.17. The predicted molar refractivity (Wildman–Crippen MR) is 75.8 cm³/mol. The number of rotatable bonds is 9. The van der Waals surface area contributed by atoms with E-state index in [1.54, 1.807) is 0 Å². The fraction of sp³-hybridized carbons (Fsp3) is 0.467. The van der Waals surface area contributed by atoms with E-state index in [-0.39, 0.29) is 18.9 Å². The highest BCUT2D eigenvalue weighted by atomic mass is 16.5. The van der Waals surface area contributed by atoms with Gasteiger partial charge in [-0.1, -0.05) is 25.5 Å². The van der Waals surface area contributed by atoms with Crippen molar-refractivity contribution in [2.45, 2.75) is 32.6 Å². The largest absolute Gasteiger partial charge is 0.494 e. The molecule has 20 heavy (non-hydrogen) atoms. The standard InChI is InChI=1S/C15H21NO4/c1-2-3-9-20-13-6-4-5-12(10-13)7-8-14(17)16-11-15(18)19/h4-6,10H,2-3,7-9,11H2,1H3,(H,16,17)(H,18,19). The summed E-state index contributed by atoms with van der Waals surface area (Å²) in [5, 5.41) is 10.8. The van der Waals surface area contributed by atoms with Gasteiger partial charge in [-0.05, 0) is 30.5 Å². The quantitative estimate of drug-likeness (QED) is 0.678. The van der Waals surface area contributed by atoms with Crippen molar-refractivity contribution < 1.29 is 19.4 Å². The van der Waals surface area contributed by atoms with E-state index in [1.807, 2.05) is 24.3 Å². The average molecular weight is 279 g/mol. The highest BCUT2D eigenvalue weighted by Crippen LogP contribution is 2.15. The van der Waals surface area contributed by atoms with Crippen LogP contribution in [-0.2, 0) is 16.0 Å². The molecule has 0 bridgehead atoms. The fourth-order valence-corrected chi connectivity index (χ4v) is 1.65. The minimum absolute atomic E-state index is 0.260. The maximum atomic E-state index is 11.4. The van der Waals surface area contributed by atoms with Gasteiger partial charge in [0.25, 0.3) is 0 Å². The van der Waals surface area contributed by atoms with Crippen LogP contribution in [0.5, 0.6) is 5.75 Å². The van der Waals surface area contributed by atoms with Gasteiger partial charge in [0.1, 0.15) is 12.3 Å². The Bertz CT molecular complexity index is 445. The molecule has 0 spiro atoms. The third-order valence-electron chi connectivity index (χ3n) is 2.74. The van der Waals surface area contributed by atoms with Gasteiger partial charge in [0.05, 0.1) is 6.61 Å². The van der Waals surface area contributed by atoms with Gasteiger partial charge >= 0.3 is 5.97 Å². The van der Waals surface area contributed by atoms with Crippen LogP contribution >= 0.6 is 0 Å². The van der Waals surface area contributed by atoms with Crippen molar-refractivity contribution in [3.05, 3.63) is 29.8 Å². The number of amides is 1. The second-order valence-corrected chi connectivity index (χ2v) is 4.52. The highest BCUT2D eigenvalue weighted by Gasteiger charge is 2.05. The number of aryl methyl sites for hydroxylation is 1. The molecule has 0 radical (unpaired) electrons. The Morgan fingerprint density at radius 1 is 1.35 bits per heavy atom. The van der Waals surface area contributed by atoms with E-state index in [0.717, 1.165) is 24.2 Å². The van der Waals surface area contributed by atoms with Crippen LogP contribution in [0.2, 0.25) is 0 Å². The van der Waals surface area contributed by atoms with Crippen molar-refractivity contribution in [1.29, 1.82) is 0 Å². The third kappa shape index (κ3) is 6.78. The second kappa shape index (κ2) is 8.96. The summed E-state index contributed by atoms with van der Waals surface area (Å²) in [7, 11) is 0. The number of benzene rings is 1. The number of aliphatic carboxylic acids is 1. The molecular formula is C15H21NO4. The maximum Gasteiger partial charge on any atom is 0.322 e. The Morgan fingerprint density at radius 2 is 2.15 bits per heavy atom. The molecule has 0 heterocycles. The molecule has 0 atom stereocenters. The van der Waals surface area contributed by atoms with Gasteiger partial charge in [-0.25, -0.2) is 0 Å². The fourth-order valence-electron chi connectivity index (χ4n) is 1.65. The lowest BCUT2D eigenvalue weighted by atomic mass is 10.1. The lowest BCUT2D eigenvalue weighted by Crippen LogP contribution is -2.29. The van der Waals surface area contributed by atoms with Gasteiger partial charge in [-0.2, -0.15) is 0 Å². The van der Waals surface area contributed by atoms with Gasteiger partial charge in [-0.3, -0.25) is 9.59 Å². The molecular weight excluding hydrogens is 258 g/mol. The average Bonchev–Trinajstić information content (AvgIpc) is 2.43. The molecule has 110 valence electrons. The van der Waals surface area contributed by atoms with Crippen LogP contribution in [-0.4, -0.2) is 30.1 Å². The van der Waals surface area contributed by atoms with Crippen LogP contribution < -0.4 is 10.1 Å². The zero-order chi connectivity index (χ0) is 14.8. The Labute approximate surface area is 118 Å². The minimum Gasteiger partial charge on any atom is -0.494 e. The molecule has 1 aromatic carbocycles. The normalized spacial score (nSPS) is 10.1. The zero-order valence-electron chi connectivity index (χ0n) is 11.7. The van der Waals surface area contributed by atoms with Gasteiger partial charge in [0.2, 0.25) is 5.91 Å². The van der Waals surface area contributed by atoms with E-state index in [2.05, 4.69) is 12.2 Å². The highest BCUT2D eigenvalue weighted by molar-refractivity contribution is 5.81. The number of hydrogen-bond acceptors (Lipinski definition) is 3. The SMILES string of the molecule is CCCCOc1cccc(CCC(=O)NCC(=O)O)c1. The Hall–Kier alpha value is -2.04. The van der Waals surface area contributed by atoms with Gasteiger partial charge in [-0.15, -0.1) is 0 Å². The summed E-state index contributed by atoms with van der Waals surface area (Å²) in [6.07, 6.45) is 2.94. The molecule has 0 aliphatic rings. The van der Waals surface area contributed by atoms with Gasteiger partial charge in [0.15, 0.2) is 0 Å². The molecule has 1 amide bonds. The first-order valence-corrected chi connectivity index (χ1v) is 6.82. The number of carboxylic acid groups (broad SMARTS) is 1. The second-order valence-electron chi connectivity index (χ2n) is 4.52. The van der Waals surface area contributed by atoms with Crippen molar-refractivity contribution in [2.75, 3.05) is 13.2 Å². The molecule has 5 nitrogen and oxygen atoms in total. The van der Waals surface area contributed by atoms with E-state index < -0.39 is 5.97 Å². The lowest BCUT2D eigenvalue weighted by molar-refractivity contribution is -0.137. The molecule has 1 rings (SSSR count). The van der Waals surface area contributed by atoms with Crippen LogP contribution in [0.25, 0.3) is 0 Å². The zero-order valence-corrected chi connectivity index (χ0v) is 11.7. The molecule has 0 fully saturated rings. The van der Waals surface area contributed by atoms with Gasteiger partial charge < -0.3 is 15.2 Å². The van der Waals surface area contributed by atoms with Crippen molar-refractivity contribution in [1.82, 2.24) is 5.32 Å². The number of nitrogens with one attached hydrogen (secondary N) is 1. The van der Waals surface area contributed by atoms with Crippen molar-refractivity contribution >= 4 is 11.9 Å². The summed E-state index contributed by atoms with van der Waals surface area (Å²) in [5.74, 6) is -0.490. The molecule has 0 aliphatic heterocycles. The van der Waals surface area contributed by atoms with Crippen molar-refractivity contribution in [3.63, 3.8) is 0 Å². The smallest absolute Gasteiger partial charge is 0.322 e. The number of ether oxygens (including phenoxy) is 1. The first-order chi connectivity index (χ1) is 9.61. The van der Waals surface area contributed by atoms with E-state index in [9.17, 15) is 9.59 Å². The Morgan fingerprint density at radius 3 is 2.85 bits per heavy atom. The van der Waals surface area contributed by atoms with E-state index in [1.165, 1.54) is 0 Å². The number of carbonyl (C=O) groups excluding carboxylic acids is 1. The summed E-state index contributed by atoms with van der Waals surface area (Å²) in [6.45, 7) is 2.47. The number of carbonyl (C=O) groups is 2. The number of unbranched alkanes of at least 4 members (excludes halogenated alkanes) is 1. The van der Waals surface area contributed by atoms with Crippen LogP contribution in [0.3, 0.4) is 0 Å². The summed E-state index contributed by atoms with van der Waals surface area (Å²) in [4.78, 5) is 21.7. The summed E-state index contributed by atoms with van der Waals surface area (Å²) < 4.78 is 5.59. The van der Waals surface area contributed by atoms with Gasteiger partial charge in [0, 0.05) is 6.42 Å². The monoisotopic (exact) mass is 279 g/mol. The molecule has 2 N–H and O–H groups in total. The summed E-state index contributed by atoms with van der Waals surface area (Å²) in [6, 6.07) is 7.63. The topological polar surface area (TPSA) is 75.6 Å². The third-order valence-corrected chi connectivity index (χ3v) is 2.74. The number of hydrogen-bond donors (Lipinski definition) is 2. The molecule has 0 unspecified atom stereocenters. The van der Waals surface area contributed by atoms with Crippen molar-refractivity contribution in [3.8, 4) is 5.75 Å². The molecule has 5 heteroatoms. The Balaban J connectivity index is 2.37. The van der Waals surface area contributed by atoms with E-state index >= 15 is 0 Å². The molecule has 0 saturated carbocycles. The van der Waals surface area contributed by atoms with Crippen LogP contribution in [0.4, 0.5) is 0 Å². The lowest BCUT2D eigenvalue weighted by Gasteiger charge is -2.07. The van der Waals surface area contributed by atoms with E-state index in [4.69, 9.17) is 9.84 Å². The first-order valence-electron chi connectivity index (χ1n) is 6.82. The number of carboxylic acids is 1. The molecule has 1 aromatic rings. The molecule has 0 aromatic heterocycles. The molecule has 0 aliphatic carbocycles. The minimum atomic E-state index is -1.04. The summed E-state index contributed by atoms with van der Waals surface area (Å²) in [5.41, 5.74) is 1.00. The maximum absolute atomic E-state index is 11.4. The molecule has 0 saturated heterocycles. The van der Waals surface area contributed by atoms with Crippen LogP contribution in [0.1, 0.15) is 31.7 Å². The van der Waals surface area contributed by atoms with E-state index in [0.29, 0.717) is 13.0 Å². The van der Waals surface area contributed by atoms with Crippen molar-refractivity contribution in [2.24, 2.45) is 0 Å². The van der Waals surface area contributed by atoms with Crippen LogP contribution in [0, 0.1) is 0 Å². The predicted octanol–water partition coefficient (Wildman–Crippen LogP) is 2.00.